The van der Waals surface area contributed by atoms with Crippen LogP contribution in [-0.4, -0.2) is 16.2 Å². The molecule has 0 radical (unpaired) electrons. The second kappa shape index (κ2) is 11.2. The van der Waals surface area contributed by atoms with Gasteiger partial charge in [0.15, 0.2) is 0 Å². The fourth-order valence-electron chi connectivity index (χ4n) is 1.62. The lowest BCUT2D eigenvalue weighted by Gasteiger charge is -2.00. The summed E-state index contributed by atoms with van der Waals surface area (Å²) in [5.41, 5.74) is 0. The minimum Gasteiger partial charge on any atom is -0.260 e. The van der Waals surface area contributed by atoms with E-state index in [0.717, 1.165) is 12.2 Å². The van der Waals surface area contributed by atoms with Crippen molar-refractivity contribution in [1.29, 1.82) is 0 Å². The molecule has 2 heteroatoms. The molecule has 0 aromatic rings. The number of hydrogen-bond acceptors (Lipinski definition) is 1. The van der Waals surface area contributed by atoms with Gasteiger partial charge in [-0.2, -0.15) is 0 Å². The third-order valence-electron chi connectivity index (χ3n) is 2.54. The zero-order chi connectivity index (χ0) is 10.6. The molecule has 0 aromatic carbocycles. The van der Waals surface area contributed by atoms with Gasteiger partial charge in [-0.1, -0.05) is 58.3 Å². The lowest BCUT2D eigenvalue weighted by Crippen LogP contribution is -1.93. The summed E-state index contributed by atoms with van der Waals surface area (Å²) >= 11 is 0. The Kier molecular flexibility index (Phi) is 11.3. The Bertz CT molecular complexity index is 134. The first-order chi connectivity index (χ1) is 6.77. The standard InChI is InChI=1S/C12H26OS/c1-3-4-5-6-7-8-9-10-11-12-14(2)13/h3-12H2,1-2H3/t14-/m1/s1. The van der Waals surface area contributed by atoms with E-state index in [-0.39, 0.29) is 0 Å². The molecule has 0 fully saturated rings. The highest BCUT2D eigenvalue weighted by Gasteiger charge is 1.93. The Morgan fingerprint density at radius 3 is 1.64 bits per heavy atom. The molecule has 0 aromatic heterocycles. The molecule has 0 N–H and O–H groups in total. The molecule has 0 saturated heterocycles. The highest BCUT2D eigenvalue weighted by molar-refractivity contribution is 7.84. The molecular formula is C12H26OS. The van der Waals surface area contributed by atoms with Crippen LogP contribution >= 0.6 is 0 Å². The summed E-state index contributed by atoms with van der Waals surface area (Å²) in [7, 11) is -0.577. The van der Waals surface area contributed by atoms with Gasteiger partial charge in [0.2, 0.25) is 0 Å². The van der Waals surface area contributed by atoms with Gasteiger partial charge in [0, 0.05) is 22.8 Å². The maximum absolute atomic E-state index is 10.8. The van der Waals surface area contributed by atoms with E-state index in [1.54, 1.807) is 6.26 Å². The van der Waals surface area contributed by atoms with Gasteiger partial charge in [0.1, 0.15) is 0 Å². The minimum atomic E-state index is -0.577. The molecule has 1 atom stereocenters. The Balaban J connectivity index is 2.88. The molecule has 14 heavy (non-hydrogen) atoms. The number of hydrogen-bond donors (Lipinski definition) is 0. The first-order valence-corrected chi connectivity index (χ1v) is 7.80. The van der Waals surface area contributed by atoms with Gasteiger partial charge in [-0.05, 0) is 6.42 Å². The van der Waals surface area contributed by atoms with Crippen LogP contribution in [0.4, 0.5) is 0 Å². The molecule has 0 amide bonds. The Morgan fingerprint density at radius 1 is 0.786 bits per heavy atom. The van der Waals surface area contributed by atoms with Crippen LogP contribution in [0.5, 0.6) is 0 Å². The fraction of sp³-hybridized carbons (Fsp3) is 1.00. The zero-order valence-electron chi connectivity index (χ0n) is 9.89. The van der Waals surface area contributed by atoms with Gasteiger partial charge in [-0.25, -0.2) is 0 Å². The van der Waals surface area contributed by atoms with Crippen molar-refractivity contribution in [3.05, 3.63) is 0 Å². The first kappa shape index (κ1) is 14.2. The van der Waals surface area contributed by atoms with Crippen molar-refractivity contribution >= 4 is 10.8 Å². The van der Waals surface area contributed by atoms with Crippen LogP contribution < -0.4 is 0 Å². The molecule has 0 bridgehead atoms. The normalized spacial score (nSPS) is 13.0. The van der Waals surface area contributed by atoms with E-state index < -0.39 is 10.8 Å². The predicted molar refractivity (Wildman–Crippen MR) is 66.2 cm³/mol. The maximum atomic E-state index is 10.8. The predicted octanol–water partition coefficient (Wildman–Crippen LogP) is 3.90. The van der Waals surface area contributed by atoms with Crippen LogP contribution in [0.3, 0.4) is 0 Å². The van der Waals surface area contributed by atoms with E-state index in [2.05, 4.69) is 6.92 Å². The van der Waals surface area contributed by atoms with E-state index in [1.807, 2.05) is 0 Å². The van der Waals surface area contributed by atoms with Gasteiger partial charge >= 0.3 is 0 Å². The van der Waals surface area contributed by atoms with Crippen molar-refractivity contribution in [3.63, 3.8) is 0 Å². The summed E-state index contributed by atoms with van der Waals surface area (Å²) in [5.74, 6) is 0.899. The third kappa shape index (κ3) is 12.2. The van der Waals surface area contributed by atoms with Crippen molar-refractivity contribution in [2.24, 2.45) is 0 Å². The van der Waals surface area contributed by atoms with Crippen LogP contribution in [0, 0.1) is 0 Å². The van der Waals surface area contributed by atoms with Crippen molar-refractivity contribution < 1.29 is 4.21 Å². The van der Waals surface area contributed by atoms with E-state index in [0.29, 0.717) is 0 Å². The van der Waals surface area contributed by atoms with Crippen LogP contribution in [0.15, 0.2) is 0 Å². The topological polar surface area (TPSA) is 17.1 Å². The molecule has 0 aliphatic carbocycles. The monoisotopic (exact) mass is 218 g/mol. The van der Waals surface area contributed by atoms with E-state index >= 15 is 0 Å². The average molecular weight is 218 g/mol. The minimum absolute atomic E-state index is 0.577. The summed E-state index contributed by atoms with van der Waals surface area (Å²) in [6.07, 6.45) is 13.9. The molecule has 86 valence electrons. The summed E-state index contributed by atoms with van der Waals surface area (Å²) in [6, 6.07) is 0. The summed E-state index contributed by atoms with van der Waals surface area (Å²) in [6.45, 7) is 2.25. The van der Waals surface area contributed by atoms with Crippen molar-refractivity contribution in [3.8, 4) is 0 Å². The number of unbranched alkanes of at least 4 members (excludes halogenated alkanes) is 8. The largest absolute Gasteiger partial charge is 0.260 e. The van der Waals surface area contributed by atoms with Gasteiger partial charge in [0.05, 0.1) is 0 Å². The molecule has 0 spiro atoms. The van der Waals surface area contributed by atoms with Crippen molar-refractivity contribution in [2.45, 2.75) is 64.7 Å². The van der Waals surface area contributed by atoms with Crippen molar-refractivity contribution in [1.82, 2.24) is 0 Å². The second-order valence-electron chi connectivity index (χ2n) is 4.11. The molecular weight excluding hydrogens is 192 g/mol. The highest BCUT2D eigenvalue weighted by atomic mass is 32.2. The average Bonchev–Trinajstić information content (AvgIpc) is 2.15. The van der Waals surface area contributed by atoms with E-state index in [1.165, 1.54) is 51.4 Å². The van der Waals surface area contributed by atoms with Crippen LogP contribution in [-0.2, 0) is 10.8 Å². The lowest BCUT2D eigenvalue weighted by molar-refractivity contribution is 0.572. The van der Waals surface area contributed by atoms with Gasteiger partial charge in [0.25, 0.3) is 0 Å². The van der Waals surface area contributed by atoms with Crippen LogP contribution in [0.2, 0.25) is 0 Å². The van der Waals surface area contributed by atoms with E-state index in [4.69, 9.17) is 0 Å². The third-order valence-corrected chi connectivity index (χ3v) is 3.40. The molecule has 0 unspecified atom stereocenters. The molecule has 0 rings (SSSR count). The summed E-state index contributed by atoms with van der Waals surface area (Å²) < 4.78 is 10.8. The Hall–Kier alpha value is 0.150. The zero-order valence-corrected chi connectivity index (χ0v) is 10.7. The maximum Gasteiger partial charge on any atom is 0.0232 e. The molecule has 0 heterocycles. The summed E-state index contributed by atoms with van der Waals surface area (Å²) in [4.78, 5) is 0. The van der Waals surface area contributed by atoms with Crippen molar-refractivity contribution in [2.75, 3.05) is 12.0 Å². The lowest BCUT2D eigenvalue weighted by atomic mass is 10.1. The van der Waals surface area contributed by atoms with Crippen LogP contribution in [0.1, 0.15) is 64.7 Å². The van der Waals surface area contributed by atoms with E-state index in [9.17, 15) is 4.21 Å². The van der Waals surface area contributed by atoms with Crippen LogP contribution in [0.25, 0.3) is 0 Å². The Morgan fingerprint density at radius 2 is 1.21 bits per heavy atom. The number of rotatable bonds is 10. The quantitative estimate of drug-likeness (QED) is 0.508. The molecule has 0 aliphatic heterocycles. The molecule has 0 aliphatic rings. The first-order valence-electron chi connectivity index (χ1n) is 6.07. The summed E-state index contributed by atoms with van der Waals surface area (Å²) in [5, 5.41) is 0. The SMILES string of the molecule is CCCCCCCCCCC[S@@](C)=O. The molecule has 1 nitrogen and oxygen atoms in total. The second-order valence-corrected chi connectivity index (χ2v) is 5.66. The van der Waals surface area contributed by atoms with Gasteiger partial charge in [-0.3, -0.25) is 4.21 Å². The Labute approximate surface area is 92.1 Å². The fourth-order valence-corrected chi connectivity index (χ4v) is 2.23. The smallest absolute Gasteiger partial charge is 0.0232 e. The van der Waals surface area contributed by atoms with Gasteiger partial charge < -0.3 is 0 Å². The highest BCUT2D eigenvalue weighted by Crippen LogP contribution is 2.09. The van der Waals surface area contributed by atoms with Gasteiger partial charge in [-0.15, -0.1) is 0 Å². The molecule has 0 saturated carbocycles.